The molecule has 1 heterocycles. The Morgan fingerprint density at radius 2 is 1.89 bits per heavy atom. The van der Waals surface area contributed by atoms with Crippen LogP contribution in [0.4, 0.5) is 5.69 Å². The van der Waals surface area contributed by atoms with Gasteiger partial charge in [-0.2, -0.15) is 0 Å². The second-order valence-electron chi connectivity index (χ2n) is 6.97. The molecule has 0 bridgehead atoms. The van der Waals surface area contributed by atoms with Crippen molar-refractivity contribution in [2.75, 3.05) is 0 Å². The molecule has 10 nitrogen and oxygen atoms in total. The van der Waals surface area contributed by atoms with Gasteiger partial charge in [-0.05, 0) is 19.4 Å². The Bertz CT molecular complexity index is 864. The normalized spacial score (nSPS) is 29.9. The molecule has 3 rings (SSSR count). The summed E-state index contributed by atoms with van der Waals surface area (Å²) in [5, 5.41) is 26.2. The zero-order chi connectivity index (χ0) is 19.9. The molecule has 1 fully saturated rings. The van der Waals surface area contributed by atoms with Gasteiger partial charge in [0.2, 0.25) is 5.60 Å². The van der Waals surface area contributed by atoms with Gasteiger partial charge >= 0.3 is 0 Å². The molecule has 1 saturated carbocycles. The molecule has 1 aromatic rings. The van der Waals surface area contributed by atoms with E-state index in [-0.39, 0.29) is 30.0 Å². The van der Waals surface area contributed by atoms with Gasteiger partial charge in [0.1, 0.15) is 17.3 Å². The number of rotatable bonds is 4. The van der Waals surface area contributed by atoms with E-state index >= 15 is 0 Å². The quantitative estimate of drug-likeness (QED) is 0.445. The first-order chi connectivity index (χ1) is 12.7. The van der Waals surface area contributed by atoms with Crippen molar-refractivity contribution in [3.05, 3.63) is 50.1 Å². The van der Waals surface area contributed by atoms with Crippen LogP contribution in [-0.4, -0.2) is 38.8 Å². The smallest absolute Gasteiger partial charge is 0.295 e. The number of carbonyl (C=O) groups excluding carboxylic acids is 2. The number of non-ortho nitro benzene ring substituents is 1. The van der Waals surface area contributed by atoms with Crippen LogP contribution in [0.1, 0.15) is 38.2 Å². The lowest BCUT2D eigenvalue weighted by molar-refractivity contribution is -0.523. The highest BCUT2D eigenvalue weighted by molar-refractivity contribution is 6.04. The molecular weight excluding hydrogens is 358 g/mol. The monoisotopic (exact) mass is 375 g/mol. The average molecular weight is 375 g/mol. The third kappa shape index (κ3) is 3.07. The van der Waals surface area contributed by atoms with Crippen molar-refractivity contribution in [3.63, 3.8) is 0 Å². The van der Waals surface area contributed by atoms with Crippen molar-refractivity contribution >= 4 is 23.0 Å². The molecule has 4 atom stereocenters. The van der Waals surface area contributed by atoms with E-state index in [2.05, 4.69) is 5.16 Å². The summed E-state index contributed by atoms with van der Waals surface area (Å²) < 4.78 is 0. The zero-order valence-corrected chi connectivity index (χ0v) is 14.7. The van der Waals surface area contributed by atoms with Gasteiger partial charge in [0.05, 0.1) is 17.3 Å². The highest BCUT2D eigenvalue weighted by Crippen LogP contribution is 2.47. The fraction of sp³-hybridized carbons (Fsp3) is 0.471. The van der Waals surface area contributed by atoms with Gasteiger partial charge in [-0.25, -0.2) is 0 Å². The molecular formula is C17H17N3O7. The first-order valence-corrected chi connectivity index (χ1v) is 8.30. The molecule has 142 valence electrons. The molecule has 0 saturated heterocycles. The number of nitrogens with zero attached hydrogens (tertiary/aromatic N) is 3. The molecule has 27 heavy (non-hydrogen) atoms. The van der Waals surface area contributed by atoms with Crippen LogP contribution in [-0.2, 0) is 14.4 Å². The van der Waals surface area contributed by atoms with E-state index in [1.54, 1.807) is 0 Å². The standard InChI is InChI=1S/C17H17N3O7/c1-9-16(20(25)26)17(27-18-9)7-13(15(10(2)21)14(22)8-17)11-3-5-12(6-4-11)19(23)24/h3-6,13,15-16H,7-8H2,1-2H3/t13-,15+,16+,17-/m1/s1. The Kier molecular flexibility index (Phi) is 4.50. The highest BCUT2D eigenvalue weighted by atomic mass is 16.7. The average Bonchev–Trinajstić information content (AvgIpc) is 2.89. The summed E-state index contributed by atoms with van der Waals surface area (Å²) >= 11 is 0. The van der Waals surface area contributed by atoms with Gasteiger partial charge in [0.15, 0.2) is 0 Å². The van der Waals surface area contributed by atoms with Crippen molar-refractivity contribution in [3.8, 4) is 0 Å². The summed E-state index contributed by atoms with van der Waals surface area (Å²) in [4.78, 5) is 51.6. The Labute approximate surface area is 153 Å². The van der Waals surface area contributed by atoms with Gasteiger partial charge in [-0.3, -0.25) is 29.8 Å². The molecule has 10 heteroatoms. The summed E-state index contributed by atoms with van der Waals surface area (Å²) in [5.74, 6) is -2.47. The van der Waals surface area contributed by atoms with Crippen molar-refractivity contribution in [1.29, 1.82) is 0 Å². The van der Waals surface area contributed by atoms with E-state index in [9.17, 15) is 29.8 Å². The maximum Gasteiger partial charge on any atom is 0.295 e. The van der Waals surface area contributed by atoms with E-state index < -0.39 is 39.1 Å². The second-order valence-corrected chi connectivity index (χ2v) is 6.97. The number of hydrogen-bond acceptors (Lipinski definition) is 8. The number of ketones is 2. The Hall–Kier alpha value is -3.17. The van der Waals surface area contributed by atoms with Gasteiger partial charge < -0.3 is 4.84 Å². The Balaban J connectivity index is 2.03. The van der Waals surface area contributed by atoms with Crippen LogP contribution < -0.4 is 0 Å². The molecule has 0 N–H and O–H groups in total. The first kappa shape index (κ1) is 18.6. The molecule has 0 amide bonds. The topological polar surface area (TPSA) is 142 Å². The lowest BCUT2D eigenvalue weighted by atomic mass is 9.64. The maximum atomic E-state index is 12.7. The van der Waals surface area contributed by atoms with Crippen LogP contribution in [0.2, 0.25) is 0 Å². The first-order valence-electron chi connectivity index (χ1n) is 8.30. The molecule has 1 spiro atoms. The summed E-state index contributed by atoms with van der Waals surface area (Å²) in [6.07, 6.45) is -0.250. The number of nitro benzene ring substituents is 1. The lowest BCUT2D eigenvalue weighted by Gasteiger charge is -2.39. The lowest BCUT2D eigenvalue weighted by Crippen LogP contribution is -2.55. The van der Waals surface area contributed by atoms with Crippen LogP contribution >= 0.6 is 0 Å². The highest BCUT2D eigenvalue weighted by Gasteiger charge is 2.62. The second kappa shape index (κ2) is 6.53. The van der Waals surface area contributed by atoms with Gasteiger partial charge in [-0.15, -0.1) is 0 Å². The van der Waals surface area contributed by atoms with E-state index in [0.29, 0.717) is 5.56 Å². The van der Waals surface area contributed by atoms with Gasteiger partial charge in [0, 0.05) is 29.4 Å². The Morgan fingerprint density at radius 3 is 2.41 bits per heavy atom. The SMILES string of the molecule is CC(=O)[C@@H]1C(=O)C[C@@]2(C[C@@H]1c1ccc([N+](=O)[O-])cc1)ON=C(C)[C@@H]2[N+](=O)[O-]. The molecule has 1 aliphatic heterocycles. The van der Waals surface area contributed by atoms with Crippen LogP contribution in [0.3, 0.4) is 0 Å². The molecule has 1 aromatic carbocycles. The molecule has 0 unspecified atom stereocenters. The van der Waals surface area contributed by atoms with Crippen molar-refractivity contribution in [1.82, 2.24) is 0 Å². The fourth-order valence-electron chi connectivity index (χ4n) is 4.12. The molecule has 1 aliphatic carbocycles. The minimum Gasteiger partial charge on any atom is -0.381 e. The number of hydrogen-bond donors (Lipinski definition) is 0. The van der Waals surface area contributed by atoms with Crippen LogP contribution in [0.5, 0.6) is 0 Å². The molecule has 0 aromatic heterocycles. The number of Topliss-reactive ketones (excluding diaryl/α,β-unsaturated/α-hetero) is 2. The molecule has 0 radical (unpaired) electrons. The van der Waals surface area contributed by atoms with E-state index in [1.165, 1.54) is 38.1 Å². The van der Waals surface area contributed by atoms with E-state index in [0.717, 1.165) is 0 Å². The number of nitro groups is 2. The predicted octanol–water partition coefficient (Wildman–Crippen LogP) is 2.04. The van der Waals surface area contributed by atoms with E-state index in [1.807, 2.05) is 0 Å². The minimum absolute atomic E-state index is 0.0350. The number of benzene rings is 1. The molecule has 2 aliphatic rings. The largest absolute Gasteiger partial charge is 0.381 e. The predicted molar refractivity (Wildman–Crippen MR) is 92.0 cm³/mol. The van der Waals surface area contributed by atoms with Crippen LogP contribution in [0.15, 0.2) is 29.4 Å². The Morgan fingerprint density at radius 1 is 1.26 bits per heavy atom. The third-order valence-corrected chi connectivity index (χ3v) is 5.23. The summed E-state index contributed by atoms with van der Waals surface area (Å²) in [5.41, 5.74) is -0.905. The van der Waals surface area contributed by atoms with E-state index in [4.69, 9.17) is 4.84 Å². The van der Waals surface area contributed by atoms with Gasteiger partial charge in [0.25, 0.3) is 11.7 Å². The maximum absolute atomic E-state index is 12.7. The third-order valence-electron chi connectivity index (χ3n) is 5.23. The van der Waals surface area contributed by atoms with Crippen molar-refractivity contribution in [2.24, 2.45) is 11.1 Å². The fourth-order valence-corrected chi connectivity index (χ4v) is 4.12. The van der Waals surface area contributed by atoms with Crippen molar-refractivity contribution < 1.29 is 24.3 Å². The number of oxime groups is 1. The van der Waals surface area contributed by atoms with Crippen molar-refractivity contribution in [2.45, 2.75) is 44.2 Å². The number of carbonyl (C=O) groups is 2. The summed E-state index contributed by atoms with van der Waals surface area (Å²) in [7, 11) is 0. The zero-order valence-electron chi connectivity index (χ0n) is 14.7. The van der Waals surface area contributed by atoms with Crippen LogP contribution in [0, 0.1) is 26.1 Å². The summed E-state index contributed by atoms with van der Waals surface area (Å²) in [6, 6.07) is 4.21. The summed E-state index contributed by atoms with van der Waals surface area (Å²) in [6.45, 7) is 2.76. The van der Waals surface area contributed by atoms with Gasteiger partial charge in [-0.1, -0.05) is 17.3 Å². The van der Waals surface area contributed by atoms with Crippen LogP contribution in [0.25, 0.3) is 0 Å². The minimum atomic E-state index is -1.46.